The topological polar surface area (TPSA) is 76.0 Å². The number of aryl methyl sites for hydroxylation is 2. The lowest BCUT2D eigenvalue weighted by molar-refractivity contribution is -0.126. The van der Waals surface area contributed by atoms with Crippen molar-refractivity contribution in [3.8, 4) is 11.3 Å². The lowest BCUT2D eigenvalue weighted by Gasteiger charge is -2.11. The molecule has 0 radical (unpaired) electrons. The zero-order valence-electron chi connectivity index (χ0n) is 15.4. The Kier molecular flexibility index (Phi) is 5.71. The highest BCUT2D eigenvalue weighted by Gasteiger charge is 2.14. The lowest BCUT2D eigenvalue weighted by atomic mass is 10.1. The van der Waals surface area contributed by atoms with E-state index in [1.54, 1.807) is 0 Å². The molecule has 0 saturated carbocycles. The van der Waals surface area contributed by atoms with Crippen molar-refractivity contribution in [2.75, 3.05) is 11.9 Å². The summed E-state index contributed by atoms with van der Waals surface area (Å²) < 4.78 is 2.22. The number of imidazole rings is 1. The van der Waals surface area contributed by atoms with Crippen LogP contribution >= 0.6 is 0 Å². The highest BCUT2D eigenvalue weighted by molar-refractivity contribution is 5.95. The summed E-state index contributed by atoms with van der Waals surface area (Å²) in [7, 11) is 0. The minimum Gasteiger partial charge on any atom is -0.347 e. The molecule has 0 aliphatic carbocycles. The summed E-state index contributed by atoms with van der Waals surface area (Å²) in [5, 5.41) is 5.50. The number of nitrogens with zero attached hydrogens (tertiary/aromatic N) is 2. The molecule has 1 aromatic carbocycles. The first-order chi connectivity index (χ1) is 12.6. The van der Waals surface area contributed by atoms with Gasteiger partial charge >= 0.3 is 0 Å². The quantitative estimate of drug-likeness (QED) is 0.837. The van der Waals surface area contributed by atoms with Crippen LogP contribution in [0.4, 0.5) is 5.69 Å². The molecule has 6 nitrogen and oxygen atoms in total. The molecule has 1 unspecified atom stereocenters. The van der Waals surface area contributed by atoms with Crippen LogP contribution in [0.25, 0.3) is 11.3 Å². The average Bonchev–Trinajstić information content (AvgIpc) is 3.10. The van der Waals surface area contributed by atoms with Crippen molar-refractivity contribution in [3.63, 3.8) is 0 Å². The zero-order valence-corrected chi connectivity index (χ0v) is 15.4. The minimum atomic E-state index is -0.233. The molecule has 1 aromatic heterocycles. The zero-order chi connectivity index (χ0) is 18.5. The molecule has 26 heavy (non-hydrogen) atoms. The van der Waals surface area contributed by atoms with Gasteiger partial charge in [0.1, 0.15) is 5.82 Å². The lowest BCUT2D eigenvalue weighted by Crippen LogP contribution is -2.35. The molecule has 6 heteroatoms. The Morgan fingerprint density at radius 3 is 2.92 bits per heavy atom. The number of fused-ring (bicyclic) bond motifs is 1. The van der Waals surface area contributed by atoms with Gasteiger partial charge in [-0.05, 0) is 31.4 Å². The fourth-order valence-corrected chi connectivity index (χ4v) is 3.04. The van der Waals surface area contributed by atoms with Gasteiger partial charge in [-0.3, -0.25) is 9.59 Å². The smallest absolute Gasteiger partial charge is 0.243 e. The molecular formula is C20H26N4O2. The maximum Gasteiger partial charge on any atom is 0.243 e. The summed E-state index contributed by atoms with van der Waals surface area (Å²) in [5.41, 5.74) is 2.62. The van der Waals surface area contributed by atoms with E-state index in [4.69, 9.17) is 4.98 Å². The van der Waals surface area contributed by atoms with Crippen LogP contribution in [0, 0.1) is 5.92 Å². The van der Waals surface area contributed by atoms with Gasteiger partial charge in [-0.2, -0.15) is 0 Å². The van der Waals surface area contributed by atoms with Gasteiger partial charge in [-0.1, -0.05) is 26.0 Å². The van der Waals surface area contributed by atoms with Crippen LogP contribution in [0.1, 0.15) is 38.9 Å². The first kappa shape index (κ1) is 18.2. The number of nitrogens with one attached hydrogen (secondary N) is 2. The fraction of sp³-hybridized carbons (Fsp3) is 0.450. The summed E-state index contributed by atoms with van der Waals surface area (Å²) >= 11 is 0. The van der Waals surface area contributed by atoms with E-state index >= 15 is 0 Å². The van der Waals surface area contributed by atoms with Crippen LogP contribution in [0.15, 0.2) is 30.5 Å². The fourth-order valence-electron chi connectivity index (χ4n) is 3.04. The Morgan fingerprint density at radius 2 is 2.15 bits per heavy atom. The molecule has 1 aliphatic heterocycles. The van der Waals surface area contributed by atoms with E-state index in [1.165, 1.54) is 12.8 Å². The standard InChI is InChI=1S/C20H26N4O2/c1-3-14(2)20(26)21-12-19(25)22-16-8-6-7-15(11-16)17-13-24-10-5-4-9-18(24)23-17/h6-8,11,13-14H,3-5,9-10,12H2,1-2H3,(H,21,26)(H,22,25). The van der Waals surface area contributed by atoms with Gasteiger partial charge in [0.25, 0.3) is 0 Å². The first-order valence-corrected chi connectivity index (χ1v) is 9.31. The molecule has 2 amide bonds. The number of hydrogen-bond donors (Lipinski definition) is 2. The van der Waals surface area contributed by atoms with E-state index < -0.39 is 0 Å². The highest BCUT2D eigenvalue weighted by Crippen LogP contribution is 2.24. The van der Waals surface area contributed by atoms with Crippen molar-refractivity contribution >= 4 is 17.5 Å². The van der Waals surface area contributed by atoms with Crippen molar-refractivity contribution in [1.82, 2.24) is 14.9 Å². The second kappa shape index (κ2) is 8.17. The Hall–Kier alpha value is -2.63. The van der Waals surface area contributed by atoms with Crippen LogP contribution in [0.3, 0.4) is 0 Å². The first-order valence-electron chi connectivity index (χ1n) is 9.31. The normalized spacial score (nSPS) is 14.4. The van der Waals surface area contributed by atoms with Gasteiger partial charge in [0, 0.05) is 36.3 Å². The molecule has 0 fully saturated rings. The SMILES string of the molecule is CCC(C)C(=O)NCC(=O)Nc1cccc(-c2cn3c(n2)CCCC3)c1. The largest absolute Gasteiger partial charge is 0.347 e. The molecule has 138 valence electrons. The molecular weight excluding hydrogens is 328 g/mol. The van der Waals surface area contributed by atoms with Crippen molar-refractivity contribution in [3.05, 3.63) is 36.3 Å². The third kappa shape index (κ3) is 4.31. The van der Waals surface area contributed by atoms with Crippen molar-refractivity contribution < 1.29 is 9.59 Å². The summed E-state index contributed by atoms with van der Waals surface area (Å²) in [6.45, 7) is 4.80. The molecule has 0 bridgehead atoms. The van der Waals surface area contributed by atoms with E-state index in [-0.39, 0.29) is 24.3 Å². The predicted octanol–water partition coefficient (Wildman–Crippen LogP) is 2.99. The molecule has 2 heterocycles. The number of hydrogen-bond acceptors (Lipinski definition) is 3. The second-order valence-corrected chi connectivity index (χ2v) is 6.85. The molecule has 2 aromatic rings. The third-order valence-corrected chi connectivity index (χ3v) is 4.83. The van der Waals surface area contributed by atoms with Crippen molar-refractivity contribution in [2.45, 2.75) is 46.1 Å². The van der Waals surface area contributed by atoms with Gasteiger partial charge in [-0.25, -0.2) is 4.98 Å². The summed E-state index contributed by atoms with van der Waals surface area (Å²) in [6, 6.07) is 7.66. The number of aromatic nitrogens is 2. The maximum atomic E-state index is 12.1. The number of carbonyl (C=O) groups excluding carboxylic acids is 2. The Morgan fingerprint density at radius 1 is 1.31 bits per heavy atom. The van der Waals surface area contributed by atoms with Crippen molar-refractivity contribution in [2.24, 2.45) is 5.92 Å². The average molecular weight is 354 g/mol. The second-order valence-electron chi connectivity index (χ2n) is 6.85. The summed E-state index contributed by atoms with van der Waals surface area (Å²) in [5.74, 6) is 0.717. The maximum absolute atomic E-state index is 12.1. The van der Waals surface area contributed by atoms with E-state index in [0.717, 1.165) is 36.5 Å². The van der Waals surface area contributed by atoms with Gasteiger partial charge in [0.2, 0.25) is 11.8 Å². The van der Waals surface area contributed by atoms with E-state index in [0.29, 0.717) is 5.69 Å². The van der Waals surface area contributed by atoms with Gasteiger partial charge in [0.15, 0.2) is 0 Å². The Labute approximate surface area is 154 Å². The van der Waals surface area contributed by atoms with Gasteiger partial charge < -0.3 is 15.2 Å². The number of anilines is 1. The monoisotopic (exact) mass is 354 g/mol. The Bertz CT molecular complexity index is 773. The van der Waals surface area contributed by atoms with Crippen LogP contribution < -0.4 is 10.6 Å². The van der Waals surface area contributed by atoms with Crippen LogP contribution in [0.2, 0.25) is 0 Å². The van der Waals surface area contributed by atoms with E-state index in [2.05, 4.69) is 21.4 Å². The van der Waals surface area contributed by atoms with Crippen molar-refractivity contribution in [1.29, 1.82) is 0 Å². The number of benzene rings is 1. The van der Waals surface area contributed by atoms with E-state index in [1.807, 2.05) is 38.1 Å². The highest BCUT2D eigenvalue weighted by atomic mass is 16.2. The third-order valence-electron chi connectivity index (χ3n) is 4.83. The molecule has 0 saturated heterocycles. The summed E-state index contributed by atoms with van der Waals surface area (Å²) in [6.07, 6.45) is 6.24. The molecule has 2 N–H and O–H groups in total. The number of carbonyl (C=O) groups is 2. The number of rotatable bonds is 6. The van der Waals surface area contributed by atoms with Crippen LogP contribution in [-0.2, 0) is 22.6 Å². The summed E-state index contributed by atoms with van der Waals surface area (Å²) in [4.78, 5) is 28.6. The molecule has 1 aliphatic rings. The number of amides is 2. The minimum absolute atomic E-state index is 0.0217. The van der Waals surface area contributed by atoms with Gasteiger partial charge in [0.05, 0.1) is 12.2 Å². The molecule has 0 spiro atoms. The molecule has 3 rings (SSSR count). The van der Waals surface area contributed by atoms with Crippen LogP contribution in [0.5, 0.6) is 0 Å². The molecule has 1 atom stereocenters. The Balaban J connectivity index is 1.63. The van der Waals surface area contributed by atoms with Crippen LogP contribution in [-0.4, -0.2) is 27.9 Å². The van der Waals surface area contributed by atoms with Gasteiger partial charge in [-0.15, -0.1) is 0 Å². The van der Waals surface area contributed by atoms with E-state index in [9.17, 15) is 9.59 Å². The predicted molar refractivity (Wildman–Crippen MR) is 102 cm³/mol.